The molecule has 0 N–H and O–H groups in total. The largest absolute Gasteiger partial charge is 0.379 e. The molecule has 0 aromatic carbocycles. The summed E-state index contributed by atoms with van der Waals surface area (Å²) in [6.07, 6.45) is -2.14. The molecule has 4 atom stereocenters. The van der Waals surface area contributed by atoms with Crippen LogP contribution in [-0.2, 0) is 85.3 Å². The second-order valence-electron chi connectivity index (χ2n) is 14.1. The van der Waals surface area contributed by atoms with Gasteiger partial charge in [-0.1, -0.05) is 20.5 Å². The summed E-state index contributed by atoms with van der Waals surface area (Å²) in [6, 6.07) is 0. The van der Waals surface area contributed by atoms with Gasteiger partial charge in [-0.15, -0.1) is 0 Å². The van der Waals surface area contributed by atoms with Crippen molar-refractivity contribution < 1.29 is 85.3 Å². The number of rotatable bonds is 57. The van der Waals surface area contributed by atoms with E-state index in [-0.39, 0.29) is 196 Å². The van der Waals surface area contributed by atoms with Crippen LogP contribution in [0.25, 0.3) is 41.8 Å². The molecule has 0 bridgehead atoms. The molecular formula is C40H78N12O18. The monoisotopic (exact) mass is 1010 g/mol. The van der Waals surface area contributed by atoms with Gasteiger partial charge < -0.3 is 85.3 Å². The number of nitrogens with zero attached hydrogens (tertiary/aromatic N) is 12. The van der Waals surface area contributed by atoms with Gasteiger partial charge in [0.05, 0.1) is 172 Å². The Bertz CT molecular complexity index is 1160. The van der Waals surface area contributed by atoms with Crippen LogP contribution < -0.4 is 0 Å². The third-order valence-corrected chi connectivity index (χ3v) is 8.85. The normalized spacial score (nSPS) is 13.8. The summed E-state index contributed by atoms with van der Waals surface area (Å²) in [5.41, 5.74) is 33.6. The lowest BCUT2D eigenvalue weighted by Crippen LogP contribution is -2.32. The lowest BCUT2D eigenvalue weighted by atomic mass is 10.4. The van der Waals surface area contributed by atoms with Gasteiger partial charge in [0.1, 0.15) is 36.6 Å². The highest BCUT2D eigenvalue weighted by atomic mass is 16.6. The smallest absolute Gasteiger partial charge is 0.104 e. The number of azide groups is 4. The molecule has 0 rings (SSSR count). The zero-order valence-corrected chi connectivity index (χ0v) is 41.4. The van der Waals surface area contributed by atoms with Gasteiger partial charge in [0.25, 0.3) is 0 Å². The van der Waals surface area contributed by atoms with E-state index >= 15 is 0 Å². The van der Waals surface area contributed by atoms with E-state index < -0.39 is 12.2 Å². The minimum absolute atomic E-state index is 0.199. The predicted octanol–water partition coefficient (Wildman–Crippen LogP) is 3.26. The summed E-state index contributed by atoms with van der Waals surface area (Å²) in [6.45, 7) is 7.74. The molecule has 70 heavy (non-hydrogen) atoms. The Kier molecular flexibility index (Phi) is 52.1. The molecule has 406 valence electrons. The van der Waals surface area contributed by atoms with Crippen molar-refractivity contribution in [3.63, 3.8) is 0 Å². The maximum absolute atomic E-state index is 8.40. The topological polar surface area (TPSA) is 361 Å². The molecule has 0 aliphatic rings. The van der Waals surface area contributed by atoms with Crippen molar-refractivity contribution in [2.75, 3.05) is 226 Å². The standard InChI is InChI=1S/C40H78N12O18/c1-53-35(23-57-9-5-45-49-41)27-61-13-17-65-31-39(32-66-18-14-62-28-36(54-2)24-58-10-6-46-50-42)69-21-22-70-40(33-67-19-15-63-29-37(55-3)25-59-11-7-47-51-43)34-68-20-16-64-30-38(56-4)26-60-12-8-48-52-44/h35-40H,5-34H2,1-4H3. The quantitative estimate of drug-likeness (QED) is 0.0365. The highest BCUT2D eigenvalue weighted by Crippen LogP contribution is 2.03. The second-order valence-corrected chi connectivity index (χ2v) is 14.1. The van der Waals surface area contributed by atoms with Crippen LogP contribution in [0.1, 0.15) is 0 Å². The highest BCUT2D eigenvalue weighted by molar-refractivity contribution is 4.62. The summed E-state index contributed by atoms with van der Waals surface area (Å²) in [7, 11) is 6.23. The van der Waals surface area contributed by atoms with Crippen LogP contribution in [-0.4, -0.2) is 263 Å². The Morgan fingerprint density at radius 3 is 0.600 bits per heavy atom. The average Bonchev–Trinajstić information content (AvgIpc) is 3.37. The molecule has 0 saturated heterocycles. The Morgan fingerprint density at radius 1 is 0.257 bits per heavy atom. The SMILES string of the molecule is COC(COCCN=[N+]=[N-])COCCOCC(COCCOCC(COCCN=[N+]=[N-])OC)OCCOC(COCCOCC(COCCN=[N+]=[N-])OC)COCCOCC(COCCN=[N+]=[N-])OC. The van der Waals surface area contributed by atoms with E-state index in [9.17, 15) is 0 Å². The minimum atomic E-state index is -0.462. The lowest BCUT2D eigenvalue weighted by molar-refractivity contribution is -0.112. The van der Waals surface area contributed by atoms with E-state index in [0.29, 0.717) is 26.4 Å². The fourth-order valence-electron chi connectivity index (χ4n) is 5.10. The minimum Gasteiger partial charge on any atom is -0.379 e. The Labute approximate surface area is 410 Å². The van der Waals surface area contributed by atoms with Gasteiger partial charge >= 0.3 is 0 Å². The fraction of sp³-hybridized carbons (Fsp3) is 1.00. The van der Waals surface area contributed by atoms with Crippen molar-refractivity contribution in [1.82, 2.24) is 0 Å². The highest BCUT2D eigenvalue weighted by Gasteiger charge is 2.16. The van der Waals surface area contributed by atoms with E-state index in [2.05, 4.69) is 40.1 Å². The van der Waals surface area contributed by atoms with E-state index in [1.54, 1.807) is 28.4 Å². The van der Waals surface area contributed by atoms with Crippen LogP contribution in [0.15, 0.2) is 20.5 Å². The summed E-state index contributed by atoms with van der Waals surface area (Å²) >= 11 is 0. The molecule has 0 saturated carbocycles. The van der Waals surface area contributed by atoms with E-state index in [1.165, 1.54) is 0 Å². The third kappa shape index (κ3) is 45.6. The first kappa shape index (κ1) is 66.5. The third-order valence-electron chi connectivity index (χ3n) is 8.85. The van der Waals surface area contributed by atoms with Gasteiger partial charge in [-0.3, -0.25) is 0 Å². The van der Waals surface area contributed by atoms with Gasteiger partial charge in [0.2, 0.25) is 0 Å². The van der Waals surface area contributed by atoms with Crippen LogP contribution >= 0.6 is 0 Å². The van der Waals surface area contributed by atoms with Crippen molar-refractivity contribution >= 4 is 0 Å². The van der Waals surface area contributed by atoms with Crippen molar-refractivity contribution in [3.05, 3.63) is 41.8 Å². The molecule has 0 heterocycles. The maximum atomic E-state index is 8.40. The molecule has 0 spiro atoms. The lowest BCUT2D eigenvalue weighted by Gasteiger charge is -2.21. The molecule has 0 amide bonds. The number of hydrogen-bond donors (Lipinski definition) is 0. The Balaban J connectivity index is 5.18. The van der Waals surface area contributed by atoms with Gasteiger partial charge in [0, 0.05) is 74.3 Å². The Morgan fingerprint density at radius 2 is 0.429 bits per heavy atom. The molecule has 0 fully saturated rings. The number of hydrogen-bond acceptors (Lipinski definition) is 22. The van der Waals surface area contributed by atoms with E-state index in [4.69, 9.17) is 107 Å². The zero-order chi connectivity index (χ0) is 51.1. The van der Waals surface area contributed by atoms with Crippen LogP contribution in [0, 0.1) is 0 Å². The molecule has 0 aromatic heterocycles. The molecule has 30 nitrogen and oxygen atoms in total. The van der Waals surface area contributed by atoms with Gasteiger partial charge in [-0.2, -0.15) is 0 Å². The van der Waals surface area contributed by atoms with Crippen LogP contribution in [0.5, 0.6) is 0 Å². The van der Waals surface area contributed by atoms with Crippen LogP contribution in [0.4, 0.5) is 0 Å². The van der Waals surface area contributed by atoms with E-state index in [1.807, 2.05) is 0 Å². The summed E-state index contributed by atoms with van der Waals surface area (Å²) in [5.74, 6) is 0. The summed E-state index contributed by atoms with van der Waals surface area (Å²) in [4.78, 5) is 10.8. The van der Waals surface area contributed by atoms with Crippen molar-refractivity contribution in [1.29, 1.82) is 0 Å². The van der Waals surface area contributed by atoms with Crippen LogP contribution in [0.3, 0.4) is 0 Å². The molecule has 30 heteroatoms. The molecule has 0 aliphatic carbocycles. The number of ether oxygens (including phenoxy) is 18. The van der Waals surface area contributed by atoms with Crippen molar-refractivity contribution in [2.45, 2.75) is 36.6 Å². The van der Waals surface area contributed by atoms with Gasteiger partial charge in [-0.05, 0) is 22.1 Å². The molecule has 0 radical (unpaired) electrons. The second kappa shape index (κ2) is 54.8. The zero-order valence-electron chi connectivity index (χ0n) is 41.4. The van der Waals surface area contributed by atoms with E-state index in [0.717, 1.165) is 0 Å². The van der Waals surface area contributed by atoms with Crippen molar-refractivity contribution in [3.8, 4) is 0 Å². The van der Waals surface area contributed by atoms with Crippen LogP contribution in [0.2, 0.25) is 0 Å². The maximum Gasteiger partial charge on any atom is 0.104 e. The van der Waals surface area contributed by atoms with Crippen molar-refractivity contribution in [2.24, 2.45) is 20.5 Å². The predicted molar refractivity (Wildman–Crippen MR) is 249 cm³/mol. The first-order valence-corrected chi connectivity index (χ1v) is 22.8. The summed E-state index contributed by atoms with van der Waals surface area (Å²) < 4.78 is 102. The number of methoxy groups -OCH3 is 4. The van der Waals surface area contributed by atoms with Gasteiger partial charge in [-0.25, -0.2) is 0 Å². The average molecular weight is 1020 g/mol. The molecular weight excluding hydrogens is 937 g/mol. The summed E-state index contributed by atoms with van der Waals surface area (Å²) in [5, 5.41) is 13.7. The van der Waals surface area contributed by atoms with Gasteiger partial charge in [0.15, 0.2) is 0 Å². The Hall–Kier alpha value is -3.48. The first-order valence-electron chi connectivity index (χ1n) is 22.8. The first-order chi connectivity index (χ1) is 34.5. The molecule has 0 aromatic rings. The molecule has 4 unspecified atom stereocenters. The fourth-order valence-corrected chi connectivity index (χ4v) is 5.10. The molecule has 0 aliphatic heterocycles.